The van der Waals surface area contributed by atoms with E-state index in [1.165, 1.54) is 6.26 Å². The molecule has 0 bridgehead atoms. The van der Waals surface area contributed by atoms with Crippen LogP contribution in [0.15, 0.2) is 0 Å². The SMILES string of the molecule is COC1CNC(C(=O)CCCS(C)(=O)=O)C1. The van der Waals surface area contributed by atoms with Crippen molar-refractivity contribution in [1.29, 1.82) is 0 Å². The standard InChI is InChI=1S/C10H19NO4S/c1-15-8-6-9(11-7-8)10(12)4-3-5-16(2,13)14/h8-9,11H,3-7H2,1-2H3. The Bertz CT molecular complexity index is 339. The molecule has 0 amide bonds. The number of hydrogen-bond acceptors (Lipinski definition) is 5. The number of sulfone groups is 1. The minimum absolute atomic E-state index is 0.0825. The van der Waals surface area contributed by atoms with Crippen molar-refractivity contribution < 1.29 is 17.9 Å². The van der Waals surface area contributed by atoms with Crippen molar-refractivity contribution in [3.05, 3.63) is 0 Å². The van der Waals surface area contributed by atoms with Gasteiger partial charge in [-0.25, -0.2) is 8.42 Å². The van der Waals surface area contributed by atoms with Gasteiger partial charge >= 0.3 is 0 Å². The van der Waals surface area contributed by atoms with E-state index in [0.717, 1.165) is 0 Å². The van der Waals surface area contributed by atoms with Crippen molar-refractivity contribution in [2.75, 3.05) is 25.7 Å². The molecule has 0 aromatic heterocycles. The van der Waals surface area contributed by atoms with Gasteiger partial charge in [0, 0.05) is 26.3 Å². The van der Waals surface area contributed by atoms with Crippen molar-refractivity contribution in [2.45, 2.75) is 31.4 Å². The first kappa shape index (κ1) is 13.6. The summed E-state index contributed by atoms with van der Waals surface area (Å²) in [5.41, 5.74) is 0. The number of Topliss-reactive ketones (excluding diaryl/α,β-unsaturated/α-hetero) is 1. The third kappa shape index (κ3) is 4.59. The fraction of sp³-hybridized carbons (Fsp3) is 0.900. The van der Waals surface area contributed by atoms with Crippen LogP contribution in [0.25, 0.3) is 0 Å². The van der Waals surface area contributed by atoms with E-state index >= 15 is 0 Å². The lowest BCUT2D eigenvalue weighted by Crippen LogP contribution is -2.30. The van der Waals surface area contributed by atoms with Crippen LogP contribution in [-0.4, -0.2) is 52.0 Å². The molecule has 1 aliphatic rings. The van der Waals surface area contributed by atoms with E-state index in [2.05, 4.69) is 5.32 Å². The zero-order chi connectivity index (χ0) is 12.2. The molecule has 0 spiro atoms. The van der Waals surface area contributed by atoms with E-state index in [1.807, 2.05) is 0 Å². The summed E-state index contributed by atoms with van der Waals surface area (Å²) in [4.78, 5) is 11.7. The van der Waals surface area contributed by atoms with E-state index in [1.54, 1.807) is 7.11 Å². The normalized spacial score (nSPS) is 25.9. The fourth-order valence-corrected chi connectivity index (χ4v) is 2.48. The van der Waals surface area contributed by atoms with Crippen molar-refractivity contribution in [1.82, 2.24) is 5.32 Å². The van der Waals surface area contributed by atoms with Gasteiger partial charge in [0.15, 0.2) is 0 Å². The summed E-state index contributed by atoms with van der Waals surface area (Å²) in [5, 5.41) is 3.08. The van der Waals surface area contributed by atoms with Crippen LogP contribution < -0.4 is 5.32 Å². The van der Waals surface area contributed by atoms with Crippen LogP contribution in [-0.2, 0) is 19.4 Å². The Morgan fingerprint density at radius 3 is 2.69 bits per heavy atom. The average Bonchev–Trinajstić information content (AvgIpc) is 2.63. The van der Waals surface area contributed by atoms with Crippen LogP contribution in [0.1, 0.15) is 19.3 Å². The maximum atomic E-state index is 11.7. The highest BCUT2D eigenvalue weighted by molar-refractivity contribution is 7.90. The molecule has 2 unspecified atom stereocenters. The first-order valence-electron chi connectivity index (χ1n) is 5.39. The Kier molecular flexibility index (Phi) is 4.89. The van der Waals surface area contributed by atoms with Gasteiger partial charge in [0.1, 0.15) is 15.6 Å². The van der Waals surface area contributed by atoms with Crippen molar-refractivity contribution in [2.24, 2.45) is 0 Å². The van der Waals surface area contributed by atoms with Crippen molar-refractivity contribution in [3.8, 4) is 0 Å². The first-order valence-corrected chi connectivity index (χ1v) is 7.45. The molecule has 0 aliphatic carbocycles. The summed E-state index contributed by atoms with van der Waals surface area (Å²) in [6.45, 7) is 0.693. The highest BCUT2D eigenvalue weighted by Gasteiger charge is 2.28. The lowest BCUT2D eigenvalue weighted by Gasteiger charge is -2.08. The number of nitrogens with one attached hydrogen (secondary N) is 1. The monoisotopic (exact) mass is 249 g/mol. The molecular formula is C10H19NO4S. The number of rotatable bonds is 6. The molecule has 16 heavy (non-hydrogen) atoms. The van der Waals surface area contributed by atoms with Crippen LogP contribution in [0, 0.1) is 0 Å². The molecule has 1 heterocycles. The maximum Gasteiger partial charge on any atom is 0.149 e. The number of carbonyl (C=O) groups excluding carboxylic acids is 1. The summed E-state index contributed by atoms with van der Waals surface area (Å²) in [7, 11) is -1.33. The molecule has 1 N–H and O–H groups in total. The second kappa shape index (κ2) is 5.75. The molecule has 5 nitrogen and oxygen atoms in total. The summed E-state index contributed by atoms with van der Waals surface area (Å²) >= 11 is 0. The minimum atomic E-state index is -2.96. The van der Waals surface area contributed by atoms with Crippen LogP contribution >= 0.6 is 0 Å². The molecule has 0 radical (unpaired) electrons. The molecular weight excluding hydrogens is 230 g/mol. The molecule has 1 aliphatic heterocycles. The Labute approximate surface area is 96.5 Å². The predicted octanol–water partition coefficient (Wildman–Crippen LogP) is -0.243. The molecule has 0 saturated carbocycles. The number of methoxy groups -OCH3 is 1. The van der Waals surface area contributed by atoms with Gasteiger partial charge < -0.3 is 10.1 Å². The van der Waals surface area contributed by atoms with Gasteiger partial charge in [-0.1, -0.05) is 0 Å². The van der Waals surface area contributed by atoms with Crippen molar-refractivity contribution >= 4 is 15.6 Å². The average molecular weight is 249 g/mol. The second-order valence-corrected chi connectivity index (χ2v) is 6.51. The highest BCUT2D eigenvalue weighted by Crippen LogP contribution is 2.12. The lowest BCUT2D eigenvalue weighted by atomic mass is 10.1. The molecule has 1 saturated heterocycles. The quantitative estimate of drug-likeness (QED) is 0.703. The van der Waals surface area contributed by atoms with Gasteiger partial charge in [-0.2, -0.15) is 0 Å². The van der Waals surface area contributed by atoms with Gasteiger partial charge in [-0.05, 0) is 12.8 Å². The van der Waals surface area contributed by atoms with Crippen LogP contribution in [0.4, 0.5) is 0 Å². The maximum absolute atomic E-state index is 11.7. The van der Waals surface area contributed by atoms with E-state index in [4.69, 9.17) is 4.74 Å². The zero-order valence-electron chi connectivity index (χ0n) is 9.73. The van der Waals surface area contributed by atoms with Crippen LogP contribution in [0.3, 0.4) is 0 Å². The van der Waals surface area contributed by atoms with Gasteiger partial charge in [-0.3, -0.25) is 4.79 Å². The smallest absolute Gasteiger partial charge is 0.149 e. The summed E-state index contributed by atoms with van der Waals surface area (Å²) in [5.74, 6) is 0.169. The largest absolute Gasteiger partial charge is 0.380 e. The minimum Gasteiger partial charge on any atom is -0.380 e. The Hall–Kier alpha value is -0.460. The lowest BCUT2D eigenvalue weighted by molar-refractivity contribution is -0.120. The number of carbonyl (C=O) groups is 1. The number of ketones is 1. The molecule has 1 rings (SSSR count). The molecule has 94 valence electrons. The van der Waals surface area contributed by atoms with Crippen LogP contribution in [0.2, 0.25) is 0 Å². The molecule has 0 aromatic rings. The molecule has 6 heteroatoms. The molecule has 1 fully saturated rings. The van der Waals surface area contributed by atoms with E-state index < -0.39 is 9.84 Å². The Morgan fingerprint density at radius 1 is 1.50 bits per heavy atom. The number of hydrogen-bond donors (Lipinski definition) is 1. The van der Waals surface area contributed by atoms with Gasteiger partial charge in [-0.15, -0.1) is 0 Å². The second-order valence-electron chi connectivity index (χ2n) is 4.25. The van der Waals surface area contributed by atoms with E-state index in [-0.39, 0.29) is 23.7 Å². The topological polar surface area (TPSA) is 72.5 Å². The summed E-state index contributed by atoms with van der Waals surface area (Å²) in [6, 6.07) is -0.162. The van der Waals surface area contributed by atoms with E-state index in [0.29, 0.717) is 25.8 Å². The predicted molar refractivity (Wildman–Crippen MR) is 61.2 cm³/mol. The highest BCUT2D eigenvalue weighted by atomic mass is 32.2. The number of ether oxygens (including phenoxy) is 1. The van der Waals surface area contributed by atoms with Gasteiger partial charge in [0.25, 0.3) is 0 Å². The summed E-state index contributed by atoms with van der Waals surface area (Å²) in [6.07, 6.45) is 2.71. The molecule has 0 aromatic carbocycles. The Balaban J connectivity index is 2.26. The van der Waals surface area contributed by atoms with Crippen LogP contribution in [0.5, 0.6) is 0 Å². The van der Waals surface area contributed by atoms with Gasteiger partial charge in [0.2, 0.25) is 0 Å². The van der Waals surface area contributed by atoms with Gasteiger partial charge in [0.05, 0.1) is 17.9 Å². The Morgan fingerprint density at radius 2 is 2.19 bits per heavy atom. The van der Waals surface area contributed by atoms with E-state index in [9.17, 15) is 13.2 Å². The zero-order valence-corrected chi connectivity index (χ0v) is 10.5. The summed E-state index contributed by atoms with van der Waals surface area (Å²) < 4.78 is 26.9. The third-order valence-electron chi connectivity index (χ3n) is 2.75. The third-order valence-corrected chi connectivity index (χ3v) is 3.78. The first-order chi connectivity index (χ1) is 7.42. The molecule has 2 atom stereocenters. The fourth-order valence-electron chi connectivity index (χ4n) is 1.81. The van der Waals surface area contributed by atoms with Crippen molar-refractivity contribution in [3.63, 3.8) is 0 Å².